The number of nitrogens with zero attached hydrogens (tertiary/aromatic N) is 1. The van der Waals surface area contributed by atoms with E-state index in [-0.39, 0.29) is 0 Å². The Morgan fingerprint density at radius 2 is 1.89 bits per heavy atom. The zero-order valence-electron chi connectivity index (χ0n) is 12.7. The second kappa shape index (κ2) is 12.8. The van der Waals surface area contributed by atoms with Gasteiger partial charge < -0.3 is 9.64 Å². The first-order chi connectivity index (χ1) is 8.74. The molecule has 0 N–H and O–H groups in total. The highest BCUT2D eigenvalue weighted by atomic mass is 16.5. The monoisotopic (exact) mass is 253 g/mol. The summed E-state index contributed by atoms with van der Waals surface area (Å²) in [5.74, 6) is 0. The Labute approximate surface area is 114 Å². The van der Waals surface area contributed by atoms with Crippen molar-refractivity contribution in [1.29, 1.82) is 0 Å². The molecule has 18 heavy (non-hydrogen) atoms. The summed E-state index contributed by atoms with van der Waals surface area (Å²) in [6, 6.07) is 0. The van der Waals surface area contributed by atoms with Crippen molar-refractivity contribution in [2.24, 2.45) is 0 Å². The molecule has 106 valence electrons. The molecule has 0 saturated heterocycles. The predicted molar refractivity (Wildman–Crippen MR) is 81.0 cm³/mol. The molecule has 0 unspecified atom stereocenters. The van der Waals surface area contributed by atoms with Crippen LogP contribution in [0.3, 0.4) is 0 Å². The fourth-order valence-electron chi connectivity index (χ4n) is 1.90. The Balaban J connectivity index is 3.86. The largest absolute Gasteiger partial charge is 0.381 e. The van der Waals surface area contributed by atoms with Crippen molar-refractivity contribution in [1.82, 2.24) is 4.90 Å². The Morgan fingerprint density at radius 1 is 1.17 bits per heavy atom. The first-order valence-electron chi connectivity index (χ1n) is 7.27. The highest BCUT2D eigenvalue weighted by Gasteiger charge is 1.98. The van der Waals surface area contributed by atoms with Gasteiger partial charge in [-0.25, -0.2) is 0 Å². The average molecular weight is 253 g/mol. The lowest BCUT2D eigenvalue weighted by Gasteiger charge is -2.15. The van der Waals surface area contributed by atoms with Crippen LogP contribution in [0.2, 0.25) is 0 Å². The van der Waals surface area contributed by atoms with Gasteiger partial charge in [0.2, 0.25) is 0 Å². The van der Waals surface area contributed by atoms with Crippen molar-refractivity contribution >= 4 is 0 Å². The fraction of sp³-hybridized carbons (Fsp3) is 0.750. The van der Waals surface area contributed by atoms with Gasteiger partial charge in [0.15, 0.2) is 0 Å². The van der Waals surface area contributed by atoms with Gasteiger partial charge in [-0.05, 0) is 45.8 Å². The van der Waals surface area contributed by atoms with E-state index >= 15 is 0 Å². The van der Waals surface area contributed by atoms with E-state index < -0.39 is 0 Å². The highest BCUT2D eigenvalue weighted by molar-refractivity contribution is 5.18. The number of rotatable bonds is 11. The zero-order valence-corrected chi connectivity index (χ0v) is 12.7. The summed E-state index contributed by atoms with van der Waals surface area (Å²) in [4.78, 5) is 2.44. The normalized spacial score (nSPS) is 12.8. The Kier molecular flexibility index (Phi) is 12.4. The highest BCUT2D eigenvalue weighted by Crippen LogP contribution is 2.09. The van der Waals surface area contributed by atoms with Crippen LogP contribution in [0.15, 0.2) is 23.8 Å². The number of ether oxygens (including phenoxy) is 1. The molecule has 0 amide bonds. The average Bonchev–Trinajstić information content (AvgIpc) is 2.36. The topological polar surface area (TPSA) is 12.5 Å². The Hall–Kier alpha value is -0.600. The van der Waals surface area contributed by atoms with E-state index in [1.54, 1.807) is 7.11 Å². The SMILES string of the molecule is CC/C=C(\C=C/COC)CCCN(C)CCCC. The van der Waals surface area contributed by atoms with Crippen LogP contribution in [0.5, 0.6) is 0 Å². The molecule has 0 heterocycles. The van der Waals surface area contributed by atoms with Crippen LogP contribution < -0.4 is 0 Å². The second-order valence-corrected chi connectivity index (χ2v) is 4.81. The third kappa shape index (κ3) is 10.5. The van der Waals surface area contributed by atoms with Crippen molar-refractivity contribution in [3.63, 3.8) is 0 Å². The van der Waals surface area contributed by atoms with Gasteiger partial charge >= 0.3 is 0 Å². The van der Waals surface area contributed by atoms with Crippen molar-refractivity contribution in [3.05, 3.63) is 23.8 Å². The summed E-state index contributed by atoms with van der Waals surface area (Å²) >= 11 is 0. The second-order valence-electron chi connectivity index (χ2n) is 4.81. The summed E-state index contributed by atoms with van der Waals surface area (Å²) in [6.45, 7) is 7.56. The Morgan fingerprint density at radius 3 is 2.50 bits per heavy atom. The van der Waals surface area contributed by atoms with E-state index in [4.69, 9.17) is 4.74 Å². The molecule has 0 aliphatic heterocycles. The summed E-state index contributed by atoms with van der Waals surface area (Å²) in [5.41, 5.74) is 1.44. The summed E-state index contributed by atoms with van der Waals surface area (Å²) in [6.07, 6.45) is 12.7. The molecule has 0 spiro atoms. The molecule has 2 heteroatoms. The first kappa shape index (κ1) is 17.4. The zero-order chi connectivity index (χ0) is 13.6. The van der Waals surface area contributed by atoms with E-state index in [9.17, 15) is 0 Å². The minimum atomic E-state index is 0.706. The van der Waals surface area contributed by atoms with Crippen molar-refractivity contribution in [2.45, 2.75) is 46.0 Å². The minimum Gasteiger partial charge on any atom is -0.381 e. The predicted octanol–water partition coefficient (Wildman–Crippen LogP) is 4.04. The van der Waals surface area contributed by atoms with Crippen molar-refractivity contribution in [2.75, 3.05) is 33.9 Å². The molecule has 0 aliphatic rings. The van der Waals surface area contributed by atoms with Gasteiger partial charge in [0.1, 0.15) is 0 Å². The third-order valence-corrected chi connectivity index (χ3v) is 2.96. The third-order valence-electron chi connectivity index (χ3n) is 2.96. The van der Waals surface area contributed by atoms with Crippen LogP contribution in [0.4, 0.5) is 0 Å². The lowest BCUT2D eigenvalue weighted by molar-refractivity contribution is 0.234. The summed E-state index contributed by atoms with van der Waals surface area (Å²) in [7, 11) is 3.95. The molecule has 2 nitrogen and oxygen atoms in total. The number of hydrogen-bond donors (Lipinski definition) is 0. The molecule has 0 bridgehead atoms. The van der Waals surface area contributed by atoms with Gasteiger partial charge in [0.25, 0.3) is 0 Å². The van der Waals surface area contributed by atoms with Gasteiger partial charge in [0, 0.05) is 7.11 Å². The van der Waals surface area contributed by atoms with Gasteiger partial charge in [-0.2, -0.15) is 0 Å². The number of hydrogen-bond acceptors (Lipinski definition) is 2. The lowest BCUT2D eigenvalue weighted by atomic mass is 10.1. The van der Waals surface area contributed by atoms with E-state index in [0.717, 1.165) is 6.42 Å². The maximum absolute atomic E-state index is 5.04. The molecule has 0 atom stereocenters. The summed E-state index contributed by atoms with van der Waals surface area (Å²) < 4.78 is 5.04. The molecular formula is C16H31NO. The van der Waals surface area contributed by atoms with E-state index in [2.05, 4.69) is 44.0 Å². The van der Waals surface area contributed by atoms with Crippen LogP contribution >= 0.6 is 0 Å². The van der Waals surface area contributed by atoms with Gasteiger partial charge in [-0.3, -0.25) is 0 Å². The molecule has 0 rings (SSSR count). The van der Waals surface area contributed by atoms with Crippen molar-refractivity contribution in [3.8, 4) is 0 Å². The molecule has 0 aromatic heterocycles. The lowest BCUT2D eigenvalue weighted by Crippen LogP contribution is -2.20. The minimum absolute atomic E-state index is 0.706. The van der Waals surface area contributed by atoms with Gasteiger partial charge in [0.05, 0.1) is 6.61 Å². The number of allylic oxidation sites excluding steroid dienone is 3. The smallest absolute Gasteiger partial charge is 0.0646 e. The summed E-state index contributed by atoms with van der Waals surface area (Å²) in [5, 5.41) is 0. The molecule has 0 radical (unpaired) electrons. The molecule has 0 aromatic rings. The molecule has 0 fully saturated rings. The van der Waals surface area contributed by atoms with Crippen LogP contribution in [0, 0.1) is 0 Å². The Bertz CT molecular complexity index is 233. The van der Waals surface area contributed by atoms with Crippen LogP contribution in [-0.2, 0) is 4.74 Å². The number of unbranched alkanes of at least 4 members (excludes halogenated alkanes) is 1. The first-order valence-corrected chi connectivity index (χ1v) is 7.27. The van der Waals surface area contributed by atoms with Crippen molar-refractivity contribution < 1.29 is 4.74 Å². The van der Waals surface area contributed by atoms with E-state index in [0.29, 0.717) is 6.61 Å². The van der Waals surface area contributed by atoms with E-state index in [1.165, 1.54) is 44.3 Å². The van der Waals surface area contributed by atoms with Crippen LogP contribution in [0.1, 0.15) is 46.0 Å². The maximum atomic E-state index is 5.04. The number of methoxy groups -OCH3 is 1. The molecule has 0 aromatic carbocycles. The molecule has 0 aliphatic carbocycles. The fourth-order valence-corrected chi connectivity index (χ4v) is 1.90. The quantitative estimate of drug-likeness (QED) is 0.515. The van der Waals surface area contributed by atoms with Gasteiger partial charge in [-0.1, -0.05) is 44.1 Å². The van der Waals surface area contributed by atoms with E-state index in [1.807, 2.05) is 0 Å². The molecule has 0 saturated carbocycles. The van der Waals surface area contributed by atoms with Gasteiger partial charge in [-0.15, -0.1) is 0 Å². The molecular weight excluding hydrogens is 222 g/mol. The van der Waals surface area contributed by atoms with Crippen LogP contribution in [-0.4, -0.2) is 38.8 Å². The maximum Gasteiger partial charge on any atom is 0.0646 e. The van der Waals surface area contributed by atoms with Crippen LogP contribution in [0.25, 0.3) is 0 Å². The standard InChI is InChI=1S/C16H31NO/c1-5-7-13-17(3)14-8-11-16(10-6-2)12-9-15-18-4/h9-10,12H,5-8,11,13-15H2,1-4H3/b12-9-,16-10-.